The van der Waals surface area contributed by atoms with Crippen molar-refractivity contribution in [3.63, 3.8) is 0 Å². The molecule has 1 aromatic heterocycles. The second-order valence-electron chi connectivity index (χ2n) is 6.29. The lowest BCUT2D eigenvalue weighted by atomic mass is 10.1. The summed E-state index contributed by atoms with van der Waals surface area (Å²) in [4.78, 5) is 33.9. The van der Waals surface area contributed by atoms with Crippen molar-refractivity contribution in [1.29, 1.82) is 0 Å². The number of nitrogens with one attached hydrogen (secondary N) is 1. The number of rotatable bonds is 8. The van der Waals surface area contributed by atoms with Gasteiger partial charge >= 0.3 is 0 Å². The van der Waals surface area contributed by atoms with Crippen LogP contribution in [0, 0.1) is 0 Å². The smallest absolute Gasteiger partial charge is 0.260 e. The van der Waals surface area contributed by atoms with E-state index < -0.39 is 6.29 Å². The van der Waals surface area contributed by atoms with Crippen molar-refractivity contribution in [2.24, 2.45) is 0 Å². The molecule has 0 fully saturated rings. The maximum atomic E-state index is 12.6. The van der Waals surface area contributed by atoms with Gasteiger partial charge in [0.15, 0.2) is 12.4 Å². The molecule has 2 aromatic rings. The summed E-state index contributed by atoms with van der Waals surface area (Å²) in [5.41, 5.74) is 0.900. The highest BCUT2D eigenvalue weighted by Crippen LogP contribution is 2.19. The third-order valence-electron chi connectivity index (χ3n) is 4.40. The Morgan fingerprint density at radius 3 is 2.61 bits per heavy atom. The molecular formula is C20H25N3O5. The van der Waals surface area contributed by atoms with Crippen LogP contribution in [0.3, 0.4) is 0 Å². The molecule has 8 nitrogen and oxygen atoms in total. The molecule has 8 heteroatoms. The third-order valence-corrected chi connectivity index (χ3v) is 4.40. The van der Waals surface area contributed by atoms with Gasteiger partial charge in [-0.3, -0.25) is 9.59 Å². The van der Waals surface area contributed by atoms with E-state index in [2.05, 4.69) is 9.97 Å². The van der Waals surface area contributed by atoms with E-state index in [1.54, 1.807) is 17.0 Å². The molecule has 150 valence electrons. The molecule has 0 aliphatic carbocycles. The molecule has 0 bridgehead atoms. The van der Waals surface area contributed by atoms with Gasteiger partial charge in [-0.25, -0.2) is 4.98 Å². The first kappa shape index (κ1) is 20.0. The predicted molar refractivity (Wildman–Crippen MR) is 102 cm³/mol. The maximum Gasteiger partial charge on any atom is 0.260 e. The lowest BCUT2D eigenvalue weighted by Crippen LogP contribution is -2.42. The molecule has 1 amide bonds. The molecule has 1 aliphatic rings. The van der Waals surface area contributed by atoms with Crippen molar-refractivity contribution in [3.8, 4) is 5.75 Å². The number of ether oxygens (including phenoxy) is 3. The number of amides is 1. The zero-order chi connectivity index (χ0) is 19.9. The Morgan fingerprint density at radius 1 is 1.21 bits per heavy atom. The van der Waals surface area contributed by atoms with E-state index in [1.807, 2.05) is 32.0 Å². The number of aromatic amines is 1. The SMILES string of the molecule is CCOC(OCC)c1nc2c(c(=O)[nH]1)CN(C(=O)COc1ccccc1)CC2. The summed E-state index contributed by atoms with van der Waals surface area (Å²) in [7, 11) is 0. The van der Waals surface area contributed by atoms with E-state index in [0.717, 1.165) is 0 Å². The Morgan fingerprint density at radius 2 is 1.93 bits per heavy atom. The van der Waals surface area contributed by atoms with Crippen LogP contribution in [0.15, 0.2) is 35.1 Å². The molecule has 0 radical (unpaired) electrons. The van der Waals surface area contributed by atoms with Crippen molar-refractivity contribution in [2.45, 2.75) is 33.1 Å². The number of aromatic nitrogens is 2. The summed E-state index contributed by atoms with van der Waals surface area (Å²) in [5.74, 6) is 0.828. The summed E-state index contributed by atoms with van der Waals surface area (Å²) in [6, 6.07) is 9.16. The molecule has 1 aromatic carbocycles. The normalized spacial score (nSPS) is 13.5. The van der Waals surface area contributed by atoms with Crippen molar-refractivity contribution < 1.29 is 19.0 Å². The number of nitrogens with zero attached hydrogens (tertiary/aromatic N) is 2. The van der Waals surface area contributed by atoms with Crippen LogP contribution in [0.25, 0.3) is 0 Å². The van der Waals surface area contributed by atoms with Crippen LogP contribution < -0.4 is 10.3 Å². The van der Waals surface area contributed by atoms with Gasteiger partial charge in [0.2, 0.25) is 6.29 Å². The highest BCUT2D eigenvalue weighted by atomic mass is 16.7. The third kappa shape index (κ3) is 4.76. The Bertz CT molecular complexity index is 847. The monoisotopic (exact) mass is 387 g/mol. The van der Waals surface area contributed by atoms with Crippen LogP contribution in [0.4, 0.5) is 0 Å². The molecule has 2 heterocycles. The van der Waals surface area contributed by atoms with Crippen LogP contribution in [-0.2, 0) is 27.2 Å². The van der Waals surface area contributed by atoms with Crippen molar-refractivity contribution in [2.75, 3.05) is 26.4 Å². The van der Waals surface area contributed by atoms with Gasteiger partial charge in [0.25, 0.3) is 11.5 Å². The zero-order valence-electron chi connectivity index (χ0n) is 16.1. The zero-order valence-corrected chi connectivity index (χ0v) is 16.1. The fourth-order valence-corrected chi connectivity index (χ4v) is 3.03. The van der Waals surface area contributed by atoms with E-state index in [4.69, 9.17) is 14.2 Å². The molecule has 0 spiro atoms. The van der Waals surface area contributed by atoms with Crippen LogP contribution in [0.2, 0.25) is 0 Å². The Hall–Kier alpha value is -2.71. The number of carbonyl (C=O) groups excluding carboxylic acids is 1. The fraction of sp³-hybridized carbons (Fsp3) is 0.450. The van der Waals surface area contributed by atoms with Crippen LogP contribution >= 0.6 is 0 Å². The average molecular weight is 387 g/mol. The van der Waals surface area contributed by atoms with Crippen LogP contribution in [0.5, 0.6) is 5.75 Å². The molecule has 0 saturated heterocycles. The minimum absolute atomic E-state index is 0.0699. The highest BCUT2D eigenvalue weighted by Gasteiger charge is 2.26. The van der Waals surface area contributed by atoms with Gasteiger partial charge in [0, 0.05) is 26.2 Å². The summed E-state index contributed by atoms with van der Waals surface area (Å²) in [6.07, 6.45) is -0.208. The van der Waals surface area contributed by atoms with Crippen LogP contribution in [-0.4, -0.2) is 47.1 Å². The largest absolute Gasteiger partial charge is 0.484 e. The molecule has 28 heavy (non-hydrogen) atoms. The number of hydrogen-bond donors (Lipinski definition) is 1. The topological polar surface area (TPSA) is 93.8 Å². The Balaban J connectivity index is 1.69. The summed E-state index contributed by atoms with van der Waals surface area (Å²) in [6.45, 7) is 5.20. The highest BCUT2D eigenvalue weighted by molar-refractivity contribution is 5.78. The van der Waals surface area contributed by atoms with Crippen LogP contribution in [0.1, 0.15) is 37.2 Å². The summed E-state index contributed by atoms with van der Waals surface area (Å²) in [5, 5.41) is 0. The molecule has 1 N–H and O–H groups in total. The average Bonchev–Trinajstić information content (AvgIpc) is 2.72. The number of H-pyrrole nitrogens is 1. The molecular weight excluding hydrogens is 362 g/mol. The number of para-hydroxylation sites is 1. The second kappa shape index (κ2) is 9.48. The van der Waals surface area contributed by atoms with Gasteiger partial charge in [0.05, 0.1) is 17.8 Å². The molecule has 1 aliphatic heterocycles. The van der Waals surface area contributed by atoms with E-state index in [-0.39, 0.29) is 24.6 Å². The Kier molecular flexibility index (Phi) is 6.78. The lowest BCUT2D eigenvalue weighted by Gasteiger charge is -2.28. The van der Waals surface area contributed by atoms with E-state index in [9.17, 15) is 9.59 Å². The van der Waals surface area contributed by atoms with E-state index in [0.29, 0.717) is 49.0 Å². The first-order valence-electron chi connectivity index (χ1n) is 9.43. The maximum absolute atomic E-state index is 12.6. The van der Waals surface area contributed by atoms with Gasteiger partial charge in [-0.05, 0) is 26.0 Å². The van der Waals surface area contributed by atoms with Gasteiger partial charge in [-0.1, -0.05) is 18.2 Å². The standard InChI is InChI=1S/C20H25N3O5/c1-3-26-20(27-4-2)18-21-16-10-11-23(12-15(16)19(25)22-18)17(24)13-28-14-8-6-5-7-9-14/h5-9,20H,3-4,10-13H2,1-2H3,(H,21,22,25). The molecule has 0 unspecified atom stereocenters. The quantitative estimate of drug-likeness (QED) is 0.695. The second-order valence-corrected chi connectivity index (χ2v) is 6.29. The number of carbonyl (C=O) groups is 1. The van der Waals surface area contributed by atoms with Gasteiger partial charge in [0.1, 0.15) is 5.75 Å². The van der Waals surface area contributed by atoms with E-state index >= 15 is 0 Å². The molecule has 0 saturated carbocycles. The number of hydrogen-bond acceptors (Lipinski definition) is 6. The van der Waals surface area contributed by atoms with Crippen molar-refractivity contribution in [3.05, 3.63) is 57.8 Å². The fourth-order valence-electron chi connectivity index (χ4n) is 3.03. The van der Waals surface area contributed by atoms with Gasteiger partial charge in [-0.15, -0.1) is 0 Å². The minimum atomic E-state index is -0.702. The summed E-state index contributed by atoms with van der Waals surface area (Å²) < 4.78 is 16.5. The minimum Gasteiger partial charge on any atom is -0.484 e. The predicted octanol–water partition coefficient (Wildman–Crippen LogP) is 1.81. The number of fused-ring (bicyclic) bond motifs is 1. The van der Waals surface area contributed by atoms with Gasteiger partial charge in [-0.2, -0.15) is 0 Å². The number of benzene rings is 1. The van der Waals surface area contributed by atoms with Crippen molar-refractivity contribution in [1.82, 2.24) is 14.9 Å². The van der Waals surface area contributed by atoms with E-state index in [1.165, 1.54) is 0 Å². The summed E-state index contributed by atoms with van der Waals surface area (Å²) >= 11 is 0. The lowest BCUT2D eigenvalue weighted by molar-refractivity contribution is -0.145. The molecule has 3 rings (SSSR count). The molecule has 0 atom stereocenters. The first-order chi connectivity index (χ1) is 13.6. The van der Waals surface area contributed by atoms with Crippen molar-refractivity contribution >= 4 is 5.91 Å². The first-order valence-corrected chi connectivity index (χ1v) is 9.43. The van der Waals surface area contributed by atoms with Gasteiger partial charge < -0.3 is 24.1 Å². The Labute approximate surface area is 163 Å².